The Balaban J connectivity index is 0.00000259. The molecule has 0 aromatic carbocycles. The molecule has 8 nitrogen and oxygen atoms in total. The SMILES string of the molecule is CC1CO1.CCCCCCCCCCCCCCCCCC(=O)OC[C@H](O)[C@@H](O)[C@H](O)[C@H](O)CO. The van der Waals surface area contributed by atoms with Crippen molar-refractivity contribution in [1.82, 2.24) is 0 Å². The van der Waals surface area contributed by atoms with Crippen molar-refractivity contribution in [2.24, 2.45) is 0 Å². The molecule has 1 unspecified atom stereocenters. The lowest BCUT2D eigenvalue weighted by atomic mass is 10.0. The molecule has 1 aliphatic rings. The molecule has 5 N–H and O–H groups in total. The first-order chi connectivity index (χ1) is 16.8. The van der Waals surface area contributed by atoms with Gasteiger partial charge in [-0.15, -0.1) is 0 Å². The largest absolute Gasteiger partial charge is 0.463 e. The van der Waals surface area contributed by atoms with Gasteiger partial charge in [-0.2, -0.15) is 0 Å². The molecule has 1 rings (SSSR count). The molecular weight excluding hydrogens is 452 g/mol. The molecule has 1 saturated heterocycles. The maximum Gasteiger partial charge on any atom is 0.305 e. The molecule has 0 aromatic rings. The molecule has 1 fully saturated rings. The van der Waals surface area contributed by atoms with E-state index >= 15 is 0 Å². The molecule has 0 spiro atoms. The van der Waals surface area contributed by atoms with Crippen molar-refractivity contribution in [3.8, 4) is 0 Å². The Kier molecular flexibility index (Phi) is 23.1. The number of unbranched alkanes of at least 4 members (excludes halogenated alkanes) is 14. The Morgan fingerprint density at radius 3 is 1.51 bits per heavy atom. The van der Waals surface area contributed by atoms with Crippen molar-refractivity contribution < 1.29 is 39.8 Å². The van der Waals surface area contributed by atoms with E-state index in [0.29, 0.717) is 6.10 Å². The van der Waals surface area contributed by atoms with Crippen LogP contribution in [-0.2, 0) is 14.3 Å². The van der Waals surface area contributed by atoms with Crippen LogP contribution in [0.4, 0.5) is 0 Å². The number of hydrogen-bond acceptors (Lipinski definition) is 8. The van der Waals surface area contributed by atoms with E-state index in [1.54, 1.807) is 0 Å². The number of esters is 1. The molecule has 1 heterocycles. The fourth-order valence-electron chi connectivity index (χ4n) is 3.65. The number of ether oxygens (including phenoxy) is 2. The maximum absolute atomic E-state index is 11.7. The van der Waals surface area contributed by atoms with E-state index < -0.39 is 43.6 Å². The molecule has 0 aliphatic carbocycles. The first-order valence-electron chi connectivity index (χ1n) is 13.9. The molecular formula is C27H54O8. The van der Waals surface area contributed by atoms with Gasteiger partial charge >= 0.3 is 5.97 Å². The summed E-state index contributed by atoms with van der Waals surface area (Å²) in [6, 6.07) is 0. The summed E-state index contributed by atoms with van der Waals surface area (Å²) < 4.78 is 9.61. The van der Waals surface area contributed by atoms with Crippen molar-refractivity contribution in [3.63, 3.8) is 0 Å². The lowest BCUT2D eigenvalue weighted by molar-refractivity contribution is -0.156. The Morgan fingerprint density at radius 2 is 1.14 bits per heavy atom. The highest BCUT2D eigenvalue weighted by Crippen LogP contribution is 2.14. The molecule has 0 bridgehead atoms. The second-order valence-electron chi connectivity index (χ2n) is 9.83. The molecule has 0 radical (unpaired) electrons. The summed E-state index contributed by atoms with van der Waals surface area (Å²) in [5, 5.41) is 46.8. The maximum atomic E-state index is 11.7. The summed E-state index contributed by atoms with van der Waals surface area (Å²) in [7, 11) is 0. The van der Waals surface area contributed by atoms with Crippen molar-refractivity contribution >= 4 is 5.97 Å². The van der Waals surface area contributed by atoms with Gasteiger partial charge in [0.05, 0.1) is 19.3 Å². The minimum atomic E-state index is -1.71. The zero-order chi connectivity index (χ0) is 26.3. The van der Waals surface area contributed by atoms with Gasteiger partial charge in [0.2, 0.25) is 0 Å². The van der Waals surface area contributed by atoms with Crippen LogP contribution in [0.1, 0.15) is 117 Å². The molecule has 0 saturated carbocycles. The standard InChI is InChI=1S/C24H48O7.C3H6O/c1-2-3-4-5-6-7-8-9-10-11-12-13-14-15-16-17-22(28)31-19-21(27)24(30)23(29)20(26)18-25;1-3-2-4-3/h20-21,23-27,29-30H,2-19H2,1H3;3H,2H2,1H3/t20-,21+,23-,24-;/m1./s1. The summed E-state index contributed by atoms with van der Waals surface area (Å²) in [4.78, 5) is 11.7. The first kappa shape index (κ1) is 34.2. The second kappa shape index (κ2) is 23.6. The Bertz CT molecular complexity index is 472. The van der Waals surface area contributed by atoms with Gasteiger partial charge < -0.3 is 35.0 Å². The quantitative estimate of drug-likeness (QED) is 0.0852. The Morgan fingerprint density at radius 1 is 0.771 bits per heavy atom. The number of rotatable bonds is 22. The van der Waals surface area contributed by atoms with Crippen LogP contribution in [0.15, 0.2) is 0 Å². The summed E-state index contributed by atoms with van der Waals surface area (Å²) >= 11 is 0. The number of epoxide rings is 1. The molecule has 0 amide bonds. The van der Waals surface area contributed by atoms with Crippen LogP contribution in [0.5, 0.6) is 0 Å². The van der Waals surface area contributed by atoms with Crippen LogP contribution in [-0.4, -0.2) is 81.8 Å². The van der Waals surface area contributed by atoms with Crippen molar-refractivity contribution in [1.29, 1.82) is 0 Å². The Hall–Kier alpha value is -0.770. The van der Waals surface area contributed by atoms with Gasteiger partial charge in [0.1, 0.15) is 31.0 Å². The average molecular weight is 507 g/mol. The highest BCUT2D eigenvalue weighted by molar-refractivity contribution is 5.69. The Labute approximate surface area is 213 Å². The van der Waals surface area contributed by atoms with Crippen molar-refractivity contribution in [2.45, 2.75) is 147 Å². The van der Waals surface area contributed by atoms with E-state index in [9.17, 15) is 25.2 Å². The van der Waals surface area contributed by atoms with Crippen LogP contribution in [0, 0.1) is 0 Å². The number of carbonyl (C=O) groups excluding carboxylic acids is 1. The van der Waals surface area contributed by atoms with Gasteiger partial charge in [-0.25, -0.2) is 0 Å². The predicted molar refractivity (Wildman–Crippen MR) is 137 cm³/mol. The zero-order valence-electron chi connectivity index (χ0n) is 22.3. The first-order valence-corrected chi connectivity index (χ1v) is 13.9. The minimum Gasteiger partial charge on any atom is -0.463 e. The van der Waals surface area contributed by atoms with Crippen LogP contribution in [0.2, 0.25) is 0 Å². The third kappa shape index (κ3) is 22.2. The van der Waals surface area contributed by atoms with Crippen LogP contribution in [0.3, 0.4) is 0 Å². The summed E-state index contributed by atoms with van der Waals surface area (Å²) in [6.45, 7) is 4.08. The van der Waals surface area contributed by atoms with Crippen LogP contribution in [0.25, 0.3) is 0 Å². The zero-order valence-corrected chi connectivity index (χ0v) is 22.3. The van der Waals surface area contributed by atoms with Gasteiger partial charge in [-0.05, 0) is 13.3 Å². The van der Waals surface area contributed by atoms with Crippen molar-refractivity contribution in [3.05, 3.63) is 0 Å². The van der Waals surface area contributed by atoms with E-state index in [1.165, 1.54) is 77.0 Å². The minimum absolute atomic E-state index is 0.253. The molecule has 1 aliphatic heterocycles. The highest BCUT2D eigenvalue weighted by atomic mass is 16.6. The van der Waals surface area contributed by atoms with E-state index in [-0.39, 0.29) is 6.42 Å². The summed E-state index contributed by atoms with van der Waals surface area (Å²) in [6.07, 6.45) is 13.1. The summed E-state index contributed by atoms with van der Waals surface area (Å²) in [5.41, 5.74) is 0. The van der Waals surface area contributed by atoms with Gasteiger partial charge in [-0.1, -0.05) is 96.8 Å². The molecule has 5 atom stereocenters. The van der Waals surface area contributed by atoms with E-state index in [2.05, 4.69) is 13.8 Å². The predicted octanol–water partition coefficient (Wildman–Crippen LogP) is 3.63. The fraction of sp³-hybridized carbons (Fsp3) is 0.963. The molecule has 210 valence electrons. The number of hydrogen-bond donors (Lipinski definition) is 5. The van der Waals surface area contributed by atoms with Gasteiger partial charge in [0.15, 0.2) is 0 Å². The molecule has 8 heteroatoms. The van der Waals surface area contributed by atoms with E-state index in [0.717, 1.165) is 25.9 Å². The fourth-order valence-corrected chi connectivity index (χ4v) is 3.65. The van der Waals surface area contributed by atoms with Gasteiger partial charge in [0, 0.05) is 6.42 Å². The van der Waals surface area contributed by atoms with Crippen LogP contribution >= 0.6 is 0 Å². The van der Waals surface area contributed by atoms with E-state index in [4.69, 9.17) is 14.6 Å². The molecule has 35 heavy (non-hydrogen) atoms. The third-order valence-electron chi connectivity index (χ3n) is 6.22. The van der Waals surface area contributed by atoms with E-state index in [1.807, 2.05) is 0 Å². The lowest BCUT2D eigenvalue weighted by Crippen LogP contribution is -2.47. The number of aliphatic hydroxyl groups excluding tert-OH is 5. The number of aliphatic hydroxyl groups is 5. The number of carbonyl (C=O) groups is 1. The van der Waals surface area contributed by atoms with Gasteiger partial charge in [-0.3, -0.25) is 4.79 Å². The molecule has 0 aromatic heterocycles. The lowest BCUT2D eigenvalue weighted by Gasteiger charge is -2.25. The highest BCUT2D eigenvalue weighted by Gasteiger charge is 2.30. The smallest absolute Gasteiger partial charge is 0.305 e. The normalized spacial score (nSPS) is 18.2. The average Bonchev–Trinajstić information content (AvgIpc) is 3.65. The topological polar surface area (TPSA) is 140 Å². The monoisotopic (exact) mass is 506 g/mol. The van der Waals surface area contributed by atoms with Crippen LogP contribution < -0.4 is 0 Å². The third-order valence-corrected chi connectivity index (χ3v) is 6.22. The van der Waals surface area contributed by atoms with Crippen molar-refractivity contribution in [2.75, 3.05) is 19.8 Å². The van der Waals surface area contributed by atoms with Gasteiger partial charge in [0.25, 0.3) is 0 Å². The summed E-state index contributed by atoms with van der Waals surface area (Å²) in [5.74, 6) is -0.460. The second-order valence-corrected chi connectivity index (χ2v) is 9.83.